The second-order valence-electron chi connectivity index (χ2n) is 7.78. The normalized spacial score (nSPS) is 11.9. The lowest BCUT2D eigenvalue weighted by atomic mass is 10.0. The zero-order chi connectivity index (χ0) is 22.0. The Balaban J connectivity index is 1.66. The van der Waals surface area contributed by atoms with E-state index in [0.29, 0.717) is 4.90 Å². The maximum atomic E-state index is 11.7. The fourth-order valence-corrected chi connectivity index (χ4v) is 4.03. The van der Waals surface area contributed by atoms with E-state index in [0.717, 1.165) is 52.2 Å². The third kappa shape index (κ3) is 4.76. The Morgan fingerprint density at radius 3 is 2.48 bits per heavy atom. The number of benzene rings is 2. The first-order valence-corrected chi connectivity index (χ1v) is 11.8. The molecule has 0 saturated heterocycles. The second kappa shape index (κ2) is 8.49. The van der Waals surface area contributed by atoms with Crippen LogP contribution in [0.3, 0.4) is 0 Å². The Labute approximate surface area is 182 Å². The zero-order valence-electron chi connectivity index (χ0n) is 17.8. The molecular formula is C23H25N5O2S. The molecule has 7 nitrogen and oxygen atoms in total. The lowest BCUT2D eigenvalue weighted by molar-refractivity contribution is 0.425. The van der Waals surface area contributed by atoms with Gasteiger partial charge in [-0.2, -0.15) is 0 Å². The van der Waals surface area contributed by atoms with Crippen molar-refractivity contribution in [3.63, 3.8) is 0 Å². The highest BCUT2D eigenvalue weighted by molar-refractivity contribution is 7.90. The van der Waals surface area contributed by atoms with E-state index in [1.54, 1.807) is 24.5 Å². The minimum Gasteiger partial charge on any atom is -0.367 e. The summed E-state index contributed by atoms with van der Waals surface area (Å²) in [5.41, 5.74) is 4.70. The SMILES string of the molecule is CN(C)CCNc1cncc(-c2ccc3[nH]cc(-c4ccc(S(C)(=O)=O)cc4)c3c2)n1. The van der Waals surface area contributed by atoms with E-state index in [-0.39, 0.29) is 0 Å². The predicted molar refractivity (Wildman–Crippen MR) is 125 cm³/mol. The molecule has 0 radical (unpaired) electrons. The number of fused-ring (bicyclic) bond motifs is 1. The molecule has 8 heteroatoms. The van der Waals surface area contributed by atoms with Crippen LogP contribution >= 0.6 is 0 Å². The number of aromatic nitrogens is 3. The maximum absolute atomic E-state index is 11.7. The Morgan fingerprint density at radius 1 is 1.03 bits per heavy atom. The van der Waals surface area contributed by atoms with Crippen LogP contribution in [-0.2, 0) is 9.84 Å². The molecule has 160 valence electrons. The predicted octanol–water partition coefficient (Wildman–Crippen LogP) is 3.67. The standard InChI is InChI=1S/C23H25N5O2S/c1-28(2)11-10-25-23-15-24-14-22(27-23)17-6-9-21-19(12-17)20(13-26-21)16-4-7-18(8-5-16)31(3,29)30/h4-9,12-15,26H,10-11H2,1-3H3,(H,25,27). The van der Waals surface area contributed by atoms with Crippen molar-refractivity contribution < 1.29 is 8.42 Å². The fourth-order valence-electron chi connectivity index (χ4n) is 3.40. The van der Waals surface area contributed by atoms with Crippen LogP contribution < -0.4 is 5.32 Å². The molecule has 2 N–H and O–H groups in total. The average molecular weight is 436 g/mol. The van der Waals surface area contributed by atoms with Gasteiger partial charge in [0.2, 0.25) is 0 Å². The quantitative estimate of drug-likeness (QED) is 0.460. The molecule has 0 fully saturated rings. The molecule has 0 atom stereocenters. The minimum absolute atomic E-state index is 0.311. The highest BCUT2D eigenvalue weighted by atomic mass is 32.2. The average Bonchev–Trinajstić information content (AvgIpc) is 3.16. The van der Waals surface area contributed by atoms with Crippen LogP contribution in [0, 0.1) is 0 Å². The van der Waals surface area contributed by atoms with Crippen LogP contribution in [0.15, 0.2) is 66.0 Å². The second-order valence-corrected chi connectivity index (χ2v) is 9.79. The highest BCUT2D eigenvalue weighted by Gasteiger charge is 2.11. The van der Waals surface area contributed by atoms with Gasteiger partial charge in [-0.25, -0.2) is 13.4 Å². The summed E-state index contributed by atoms with van der Waals surface area (Å²) in [6.45, 7) is 1.69. The Bertz CT molecular complexity index is 1310. The number of nitrogens with zero attached hydrogens (tertiary/aromatic N) is 3. The van der Waals surface area contributed by atoms with Crippen molar-refractivity contribution in [3.05, 3.63) is 61.1 Å². The molecule has 31 heavy (non-hydrogen) atoms. The summed E-state index contributed by atoms with van der Waals surface area (Å²) in [7, 11) is 0.839. The zero-order valence-corrected chi connectivity index (χ0v) is 18.6. The Hall–Kier alpha value is -3.23. The van der Waals surface area contributed by atoms with Crippen molar-refractivity contribution in [3.8, 4) is 22.4 Å². The number of rotatable bonds is 7. The van der Waals surface area contributed by atoms with Crippen molar-refractivity contribution in [1.82, 2.24) is 19.9 Å². The first-order chi connectivity index (χ1) is 14.8. The number of sulfone groups is 1. The molecule has 2 heterocycles. The van der Waals surface area contributed by atoms with E-state index in [1.807, 2.05) is 44.6 Å². The van der Waals surface area contributed by atoms with Crippen molar-refractivity contribution in [2.75, 3.05) is 38.8 Å². The summed E-state index contributed by atoms with van der Waals surface area (Å²) in [4.78, 5) is 14.7. The summed E-state index contributed by atoms with van der Waals surface area (Å²) in [6.07, 6.45) is 6.63. The van der Waals surface area contributed by atoms with Gasteiger partial charge in [-0.1, -0.05) is 18.2 Å². The number of hydrogen-bond donors (Lipinski definition) is 2. The van der Waals surface area contributed by atoms with Crippen LogP contribution in [0.5, 0.6) is 0 Å². The summed E-state index contributed by atoms with van der Waals surface area (Å²) in [5, 5.41) is 4.34. The van der Waals surface area contributed by atoms with Gasteiger partial charge in [0.05, 0.1) is 23.0 Å². The molecule has 0 bridgehead atoms. The molecular weight excluding hydrogens is 410 g/mol. The van der Waals surface area contributed by atoms with Crippen LogP contribution in [0.4, 0.5) is 5.82 Å². The molecule has 0 saturated carbocycles. The summed E-state index contributed by atoms with van der Waals surface area (Å²) in [5.74, 6) is 0.741. The summed E-state index contributed by atoms with van der Waals surface area (Å²) >= 11 is 0. The van der Waals surface area contributed by atoms with Crippen molar-refractivity contribution >= 4 is 26.6 Å². The van der Waals surface area contributed by atoms with Crippen LogP contribution in [0.1, 0.15) is 0 Å². The number of nitrogens with one attached hydrogen (secondary N) is 2. The first-order valence-electron chi connectivity index (χ1n) is 9.94. The summed E-state index contributed by atoms with van der Waals surface area (Å²) in [6, 6.07) is 13.1. The minimum atomic E-state index is -3.22. The Kier molecular flexibility index (Phi) is 5.75. The number of hydrogen-bond acceptors (Lipinski definition) is 6. The van der Waals surface area contributed by atoms with E-state index in [9.17, 15) is 8.42 Å². The van der Waals surface area contributed by atoms with Crippen molar-refractivity contribution in [2.24, 2.45) is 0 Å². The summed E-state index contributed by atoms with van der Waals surface area (Å²) < 4.78 is 23.5. The smallest absolute Gasteiger partial charge is 0.175 e. The van der Waals surface area contributed by atoms with E-state index in [2.05, 4.69) is 26.3 Å². The van der Waals surface area contributed by atoms with Gasteiger partial charge in [-0.3, -0.25) is 4.98 Å². The van der Waals surface area contributed by atoms with Gasteiger partial charge in [-0.15, -0.1) is 0 Å². The lowest BCUT2D eigenvalue weighted by Crippen LogP contribution is -2.21. The number of likely N-dealkylation sites (N-methyl/N-ethyl adjacent to an activating group) is 1. The highest BCUT2D eigenvalue weighted by Crippen LogP contribution is 2.32. The number of anilines is 1. The van der Waals surface area contributed by atoms with Gasteiger partial charge in [0.25, 0.3) is 0 Å². The lowest BCUT2D eigenvalue weighted by Gasteiger charge is -2.11. The molecule has 0 aliphatic rings. The van der Waals surface area contributed by atoms with E-state index in [1.165, 1.54) is 6.26 Å². The van der Waals surface area contributed by atoms with Gasteiger partial charge in [0.15, 0.2) is 9.84 Å². The molecule has 0 spiro atoms. The van der Waals surface area contributed by atoms with Crippen LogP contribution in [0.2, 0.25) is 0 Å². The molecule has 2 aromatic carbocycles. The molecule has 0 unspecified atom stereocenters. The van der Waals surface area contributed by atoms with Crippen molar-refractivity contribution in [1.29, 1.82) is 0 Å². The molecule has 0 aliphatic heterocycles. The third-order valence-corrected chi connectivity index (χ3v) is 6.20. The van der Waals surface area contributed by atoms with Crippen LogP contribution in [0.25, 0.3) is 33.3 Å². The van der Waals surface area contributed by atoms with Crippen LogP contribution in [-0.4, -0.2) is 61.7 Å². The third-order valence-electron chi connectivity index (χ3n) is 5.07. The molecule has 4 rings (SSSR count). The number of H-pyrrole nitrogens is 1. The van der Waals surface area contributed by atoms with E-state index >= 15 is 0 Å². The molecule has 0 aliphatic carbocycles. The van der Waals surface area contributed by atoms with Gasteiger partial charge < -0.3 is 15.2 Å². The van der Waals surface area contributed by atoms with Crippen molar-refractivity contribution in [2.45, 2.75) is 4.90 Å². The molecule has 2 aromatic heterocycles. The molecule has 0 amide bonds. The van der Waals surface area contributed by atoms with Gasteiger partial charge in [0, 0.05) is 47.6 Å². The fraction of sp³-hybridized carbons (Fsp3) is 0.217. The van der Waals surface area contributed by atoms with Gasteiger partial charge in [-0.05, 0) is 43.9 Å². The first kappa shape index (κ1) is 21.0. The maximum Gasteiger partial charge on any atom is 0.175 e. The number of aromatic amines is 1. The van der Waals surface area contributed by atoms with E-state index < -0.39 is 9.84 Å². The van der Waals surface area contributed by atoms with E-state index in [4.69, 9.17) is 4.98 Å². The topological polar surface area (TPSA) is 91.0 Å². The van der Waals surface area contributed by atoms with Gasteiger partial charge >= 0.3 is 0 Å². The monoisotopic (exact) mass is 435 g/mol. The Morgan fingerprint density at radius 2 is 1.77 bits per heavy atom. The largest absolute Gasteiger partial charge is 0.367 e. The van der Waals surface area contributed by atoms with Gasteiger partial charge in [0.1, 0.15) is 5.82 Å². The molecule has 4 aromatic rings.